The van der Waals surface area contributed by atoms with Crippen molar-refractivity contribution < 1.29 is 43.2 Å². The van der Waals surface area contributed by atoms with Crippen LogP contribution in [0.1, 0.15) is 32.1 Å². The molecule has 0 saturated heterocycles. The third-order valence-electron chi connectivity index (χ3n) is 5.06. The van der Waals surface area contributed by atoms with E-state index in [1.54, 1.807) is 24.3 Å². The van der Waals surface area contributed by atoms with Gasteiger partial charge in [-0.15, -0.1) is 0 Å². The highest BCUT2D eigenvalue weighted by molar-refractivity contribution is 6.31. The Morgan fingerprint density at radius 1 is 1.08 bits per heavy atom. The van der Waals surface area contributed by atoms with Crippen molar-refractivity contribution in [2.75, 3.05) is 0 Å². The summed E-state index contributed by atoms with van der Waals surface area (Å²) in [5.74, 6) is -3.98. The number of alkyl halides is 2. The number of amides is 1. The maximum absolute atomic E-state index is 12.8. The van der Waals surface area contributed by atoms with E-state index in [4.69, 9.17) is 11.6 Å². The van der Waals surface area contributed by atoms with Crippen molar-refractivity contribution in [2.45, 2.75) is 31.7 Å². The SMILES string of the molecule is O=C(N[C@H](Cc1ccccc1Cl)[C@@H](O)C(=O)O)c1cc(C(=O)O)n(Cc2ccc(OC(F)F)cc2)n1. The zero-order chi connectivity index (χ0) is 26.4. The Morgan fingerprint density at radius 2 is 1.75 bits per heavy atom. The van der Waals surface area contributed by atoms with Crippen LogP contribution in [0.25, 0.3) is 0 Å². The number of carboxylic acids is 2. The average Bonchev–Trinajstić information content (AvgIpc) is 3.24. The number of nitrogens with zero attached hydrogens (tertiary/aromatic N) is 2. The third-order valence-corrected chi connectivity index (χ3v) is 5.43. The number of hydrogen-bond donors (Lipinski definition) is 4. The number of carboxylic acid groups (broad SMARTS) is 2. The lowest BCUT2D eigenvalue weighted by Crippen LogP contribution is -2.48. The van der Waals surface area contributed by atoms with Crippen LogP contribution >= 0.6 is 11.6 Å². The smallest absolute Gasteiger partial charge is 0.387 e. The fraction of sp³-hybridized carbons (Fsp3) is 0.217. The quantitative estimate of drug-likeness (QED) is 0.299. The minimum absolute atomic E-state index is 0.0886. The summed E-state index contributed by atoms with van der Waals surface area (Å²) in [7, 11) is 0. The van der Waals surface area contributed by atoms with Gasteiger partial charge < -0.3 is 25.4 Å². The van der Waals surface area contributed by atoms with Gasteiger partial charge in [0.25, 0.3) is 5.91 Å². The summed E-state index contributed by atoms with van der Waals surface area (Å²) in [5, 5.41) is 35.6. The first kappa shape index (κ1) is 26.6. The Morgan fingerprint density at radius 3 is 2.33 bits per heavy atom. The molecule has 1 amide bonds. The molecule has 3 aromatic rings. The molecule has 13 heteroatoms. The summed E-state index contributed by atoms with van der Waals surface area (Å²) >= 11 is 6.11. The summed E-state index contributed by atoms with van der Waals surface area (Å²) in [5.41, 5.74) is 0.258. The first-order valence-corrected chi connectivity index (χ1v) is 10.7. The highest BCUT2D eigenvalue weighted by Gasteiger charge is 2.30. The van der Waals surface area contributed by atoms with Gasteiger partial charge in [0, 0.05) is 11.1 Å². The number of halogens is 3. The van der Waals surface area contributed by atoms with Gasteiger partial charge in [0.1, 0.15) is 11.4 Å². The Labute approximate surface area is 207 Å². The number of aliphatic carboxylic acids is 1. The van der Waals surface area contributed by atoms with Gasteiger partial charge in [-0.25, -0.2) is 9.59 Å². The monoisotopic (exact) mass is 523 g/mol. The van der Waals surface area contributed by atoms with E-state index in [1.165, 1.54) is 24.3 Å². The van der Waals surface area contributed by atoms with Crippen LogP contribution in [0.15, 0.2) is 54.6 Å². The number of benzene rings is 2. The second-order valence-corrected chi connectivity index (χ2v) is 7.97. The van der Waals surface area contributed by atoms with Crippen LogP contribution in [0.2, 0.25) is 5.02 Å². The molecule has 0 spiro atoms. The van der Waals surface area contributed by atoms with Crippen LogP contribution in [-0.2, 0) is 17.8 Å². The average molecular weight is 524 g/mol. The molecule has 3 rings (SSSR count). The molecule has 36 heavy (non-hydrogen) atoms. The van der Waals surface area contributed by atoms with Gasteiger partial charge in [0.05, 0.1) is 12.6 Å². The van der Waals surface area contributed by atoms with Crippen molar-refractivity contribution in [3.05, 3.63) is 82.1 Å². The molecule has 0 saturated carbocycles. The molecular formula is C23H20ClF2N3O7. The number of carbonyl (C=O) groups excluding carboxylic acids is 1. The number of aromatic nitrogens is 2. The maximum Gasteiger partial charge on any atom is 0.387 e. The Balaban J connectivity index is 1.82. The van der Waals surface area contributed by atoms with Crippen LogP contribution in [0.5, 0.6) is 5.75 Å². The second-order valence-electron chi connectivity index (χ2n) is 7.56. The van der Waals surface area contributed by atoms with Crippen LogP contribution in [0.3, 0.4) is 0 Å². The molecule has 0 unspecified atom stereocenters. The van der Waals surface area contributed by atoms with Crippen molar-refractivity contribution in [3.63, 3.8) is 0 Å². The number of aromatic carboxylic acids is 1. The molecule has 0 aliphatic heterocycles. The first-order chi connectivity index (χ1) is 17.0. The Bertz CT molecular complexity index is 1250. The van der Waals surface area contributed by atoms with E-state index < -0.39 is 36.6 Å². The zero-order valence-electron chi connectivity index (χ0n) is 18.3. The molecule has 0 fully saturated rings. The van der Waals surface area contributed by atoms with Crippen molar-refractivity contribution in [1.82, 2.24) is 15.1 Å². The Hall–Kier alpha value is -4.03. The lowest BCUT2D eigenvalue weighted by molar-refractivity contribution is -0.148. The lowest BCUT2D eigenvalue weighted by atomic mass is 10.0. The van der Waals surface area contributed by atoms with E-state index in [2.05, 4.69) is 15.2 Å². The second kappa shape index (κ2) is 11.6. The standard InChI is InChI=1S/C23H20ClF2N3O7/c24-15-4-2-1-3-13(15)9-16(19(30)22(34)35)27-20(31)17-10-18(21(32)33)29(28-17)11-12-5-7-14(8-6-12)36-23(25)26/h1-8,10,16,19,23,30H,9,11H2,(H,27,31)(H,32,33)(H,34,35)/t16-,19-/m1/s1. The Kier molecular flexibility index (Phi) is 8.56. The topological polar surface area (TPSA) is 151 Å². The van der Waals surface area contributed by atoms with Crippen molar-refractivity contribution >= 4 is 29.4 Å². The molecule has 0 aliphatic rings. The minimum atomic E-state index is -3.00. The van der Waals surface area contributed by atoms with Gasteiger partial charge in [0.2, 0.25) is 0 Å². The van der Waals surface area contributed by atoms with E-state index >= 15 is 0 Å². The zero-order valence-corrected chi connectivity index (χ0v) is 19.1. The molecule has 4 N–H and O–H groups in total. The fourth-order valence-electron chi connectivity index (χ4n) is 3.33. The van der Waals surface area contributed by atoms with Crippen LogP contribution < -0.4 is 10.1 Å². The molecule has 10 nitrogen and oxygen atoms in total. The number of hydrogen-bond acceptors (Lipinski definition) is 6. The van der Waals surface area contributed by atoms with Gasteiger partial charge in [0.15, 0.2) is 11.8 Å². The molecule has 2 atom stereocenters. The molecule has 190 valence electrons. The van der Waals surface area contributed by atoms with Gasteiger partial charge in [-0.1, -0.05) is 41.9 Å². The summed E-state index contributed by atoms with van der Waals surface area (Å²) in [6, 6.07) is 11.5. The lowest BCUT2D eigenvalue weighted by Gasteiger charge is -2.21. The van der Waals surface area contributed by atoms with Gasteiger partial charge in [-0.3, -0.25) is 9.48 Å². The number of carbonyl (C=O) groups is 3. The third kappa shape index (κ3) is 6.77. The van der Waals surface area contributed by atoms with E-state index in [1.807, 2.05) is 0 Å². The number of rotatable bonds is 11. The van der Waals surface area contributed by atoms with E-state index in [9.17, 15) is 38.5 Å². The predicted octanol–water partition coefficient (Wildman–Crippen LogP) is 2.67. The maximum atomic E-state index is 12.8. The number of ether oxygens (including phenoxy) is 1. The molecule has 1 aromatic heterocycles. The summed E-state index contributed by atoms with van der Waals surface area (Å²) < 4.78 is 29.9. The van der Waals surface area contributed by atoms with E-state index in [0.717, 1.165) is 10.7 Å². The number of nitrogens with one attached hydrogen (secondary N) is 1. The molecule has 1 heterocycles. The fourth-order valence-corrected chi connectivity index (χ4v) is 3.54. The van der Waals surface area contributed by atoms with Crippen molar-refractivity contribution in [3.8, 4) is 5.75 Å². The molecular weight excluding hydrogens is 504 g/mol. The van der Waals surface area contributed by atoms with Gasteiger partial charge in [-0.2, -0.15) is 13.9 Å². The summed E-state index contributed by atoms with van der Waals surface area (Å²) in [4.78, 5) is 35.9. The normalized spacial score (nSPS) is 12.7. The summed E-state index contributed by atoms with van der Waals surface area (Å²) in [6.45, 7) is -3.12. The van der Waals surface area contributed by atoms with Gasteiger partial charge in [-0.05, 0) is 35.7 Å². The first-order valence-electron chi connectivity index (χ1n) is 10.3. The molecule has 2 aromatic carbocycles. The highest BCUT2D eigenvalue weighted by atomic mass is 35.5. The molecule has 0 radical (unpaired) electrons. The van der Waals surface area contributed by atoms with Crippen molar-refractivity contribution in [1.29, 1.82) is 0 Å². The van der Waals surface area contributed by atoms with E-state index in [0.29, 0.717) is 16.1 Å². The highest BCUT2D eigenvalue weighted by Crippen LogP contribution is 2.19. The number of aliphatic hydroxyl groups is 1. The van der Waals surface area contributed by atoms with Crippen LogP contribution in [-0.4, -0.2) is 61.7 Å². The van der Waals surface area contributed by atoms with Crippen LogP contribution in [0.4, 0.5) is 8.78 Å². The molecule has 0 aliphatic carbocycles. The minimum Gasteiger partial charge on any atom is -0.479 e. The van der Waals surface area contributed by atoms with Crippen LogP contribution in [0, 0.1) is 0 Å². The summed E-state index contributed by atoms with van der Waals surface area (Å²) in [6.07, 6.45) is -2.11. The largest absolute Gasteiger partial charge is 0.479 e. The number of aliphatic hydroxyl groups excluding tert-OH is 1. The van der Waals surface area contributed by atoms with E-state index in [-0.39, 0.29) is 30.1 Å². The van der Waals surface area contributed by atoms with Gasteiger partial charge >= 0.3 is 18.6 Å². The van der Waals surface area contributed by atoms with Crippen molar-refractivity contribution in [2.24, 2.45) is 0 Å². The molecule has 0 bridgehead atoms. The predicted molar refractivity (Wildman–Crippen MR) is 121 cm³/mol.